The lowest BCUT2D eigenvalue weighted by atomic mass is 9.82. The van der Waals surface area contributed by atoms with Gasteiger partial charge in [0.25, 0.3) is 5.91 Å². The van der Waals surface area contributed by atoms with Crippen molar-refractivity contribution in [3.63, 3.8) is 0 Å². The Morgan fingerprint density at radius 3 is 2.50 bits per heavy atom. The van der Waals surface area contributed by atoms with Crippen molar-refractivity contribution in [2.45, 2.75) is 18.9 Å². The SMILES string of the molecule is CN(CC1CC(O)C1)C(=O)c1ccc(N(C)C)c(N)c1. The van der Waals surface area contributed by atoms with Crippen molar-refractivity contribution in [2.24, 2.45) is 5.92 Å². The first-order valence-corrected chi connectivity index (χ1v) is 6.89. The highest BCUT2D eigenvalue weighted by Crippen LogP contribution is 2.28. The van der Waals surface area contributed by atoms with Crippen molar-refractivity contribution in [1.82, 2.24) is 4.90 Å². The molecule has 0 radical (unpaired) electrons. The molecule has 0 atom stereocenters. The number of aliphatic hydroxyl groups excluding tert-OH is 1. The van der Waals surface area contributed by atoms with Gasteiger partial charge in [-0.2, -0.15) is 0 Å². The van der Waals surface area contributed by atoms with Gasteiger partial charge in [0.1, 0.15) is 0 Å². The Labute approximate surface area is 120 Å². The minimum absolute atomic E-state index is 0.0246. The van der Waals surface area contributed by atoms with Crippen LogP contribution in [0.5, 0.6) is 0 Å². The summed E-state index contributed by atoms with van der Waals surface area (Å²) in [4.78, 5) is 16.0. The number of hydrogen-bond acceptors (Lipinski definition) is 4. The lowest BCUT2D eigenvalue weighted by Crippen LogP contribution is -2.39. The van der Waals surface area contributed by atoms with E-state index in [9.17, 15) is 9.90 Å². The molecule has 0 heterocycles. The van der Waals surface area contributed by atoms with E-state index in [1.54, 1.807) is 24.1 Å². The highest BCUT2D eigenvalue weighted by Gasteiger charge is 2.29. The minimum atomic E-state index is -0.182. The molecule has 5 heteroatoms. The average Bonchev–Trinajstić information content (AvgIpc) is 2.35. The minimum Gasteiger partial charge on any atom is -0.397 e. The van der Waals surface area contributed by atoms with Crippen molar-refractivity contribution in [2.75, 3.05) is 38.3 Å². The first kappa shape index (κ1) is 14.7. The number of nitrogens with two attached hydrogens (primary N) is 1. The summed E-state index contributed by atoms with van der Waals surface area (Å²) < 4.78 is 0. The van der Waals surface area contributed by atoms with Crippen molar-refractivity contribution in [3.05, 3.63) is 23.8 Å². The summed E-state index contributed by atoms with van der Waals surface area (Å²) in [7, 11) is 5.63. The fourth-order valence-electron chi connectivity index (χ4n) is 2.63. The molecule has 0 bridgehead atoms. The summed E-state index contributed by atoms with van der Waals surface area (Å²) in [5, 5.41) is 9.28. The summed E-state index contributed by atoms with van der Waals surface area (Å²) in [5.74, 6) is 0.390. The zero-order valence-corrected chi connectivity index (χ0v) is 12.3. The van der Waals surface area contributed by atoms with Crippen molar-refractivity contribution < 1.29 is 9.90 Å². The molecule has 2 rings (SSSR count). The second-order valence-corrected chi connectivity index (χ2v) is 5.84. The van der Waals surface area contributed by atoms with Gasteiger partial charge in [-0.25, -0.2) is 0 Å². The van der Waals surface area contributed by atoms with Crippen LogP contribution in [0.4, 0.5) is 11.4 Å². The van der Waals surface area contributed by atoms with E-state index in [4.69, 9.17) is 5.73 Å². The number of nitrogen functional groups attached to an aromatic ring is 1. The fraction of sp³-hybridized carbons (Fsp3) is 0.533. The Hall–Kier alpha value is -1.75. The first-order chi connectivity index (χ1) is 9.38. The van der Waals surface area contributed by atoms with E-state index in [-0.39, 0.29) is 12.0 Å². The first-order valence-electron chi connectivity index (χ1n) is 6.89. The number of aliphatic hydroxyl groups is 1. The predicted molar refractivity (Wildman–Crippen MR) is 80.9 cm³/mol. The van der Waals surface area contributed by atoms with Gasteiger partial charge >= 0.3 is 0 Å². The topological polar surface area (TPSA) is 69.8 Å². The zero-order valence-electron chi connectivity index (χ0n) is 12.3. The molecule has 20 heavy (non-hydrogen) atoms. The van der Waals surface area contributed by atoms with E-state index < -0.39 is 0 Å². The summed E-state index contributed by atoms with van der Waals surface area (Å²) >= 11 is 0. The maximum absolute atomic E-state index is 12.3. The summed E-state index contributed by atoms with van der Waals surface area (Å²) in [6.07, 6.45) is 1.40. The summed E-state index contributed by atoms with van der Waals surface area (Å²) in [5.41, 5.74) is 8.09. The van der Waals surface area contributed by atoms with E-state index >= 15 is 0 Å². The van der Waals surface area contributed by atoms with E-state index in [0.29, 0.717) is 23.7 Å². The van der Waals surface area contributed by atoms with E-state index in [1.165, 1.54) is 0 Å². The second-order valence-electron chi connectivity index (χ2n) is 5.84. The Morgan fingerprint density at radius 1 is 1.35 bits per heavy atom. The van der Waals surface area contributed by atoms with Crippen molar-refractivity contribution in [3.8, 4) is 0 Å². The van der Waals surface area contributed by atoms with Crippen LogP contribution >= 0.6 is 0 Å². The van der Waals surface area contributed by atoms with Gasteiger partial charge in [-0.1, -0.05) is 0 Å². The fourth-order valence-corrected chi connectivity index (χ4v) is 2.63. The third-order valence-corrected chi connectivity index (χ3v) is 3.85. The molecule has 1 aliphatic rings. The second kappa shape index (κ2) is 5.71. The summed E-state index contributed by atoms with van der Waals surface area (Å²) in [6, 6.07) is 5.40. The van der Waals surface area contributed by atoms with E-state index in [0.717, 1.165) is 18.5 Å². The highest BCUT2D eigenvalue weighted by atomic mass is 16.3. The van der Waals surface area contributed by atoms with E-state index in [2.05, 4.69) is 0 Å². The van der Waals surface area contributed by atoms with Gasteiger partial charge in [0.2, 0.25) is 0 Å². The van der Waals surface area contributed by atoms with Crippen LogP contribution in [0, 0.1) is 5.92 Å². The smallest absolute Gasteiger partial charge is 0.253 e. The number of benzene rings is 1. The van der Waals surface area contributed by atoms with Crippen LogP contribution in [-0.2, 0) is 0 Å². The van der Waals surface area contributed by atoms with Gasteiger partial charge in [0.15, 0.2) is 0 Å². The zero-order chi connectivity index (χ0) is 14.9. The van der Waals surface area contributed by atoms with Crippen molar-refractivity contribution in [1.29, 1.82) is 0 Å². The monoisotopic (exact) mass is 277 g/mol. The van der Waals surface area contributed by atoms with Crippen LogP contribution in [0.2, 0.25) is 0 Å². The molecule has 0 spiro atoms. The molecule has 5 nitrogen and oxygen atoms in total. The third kappa shape index (κ3) is 3.04. The Kier molecular flexibility index (Phi) is 4.18. The maximum Gasteiger partial charge on any atom is 0.253 e. The van der Waals surface area contributed by atoms with Crippen LogP contribution in [-0.4, -0.2) is 49.7 Å². The standard InChI is InChI=1S/C15H23N3O2/c1-17(2)14-5-4-11(8-13(14)16)15(20)18(3)9-10-6-12(19)7-10/h4-5,8,10,12,19H,6-7,9,16H2,1-3H3. The predicted octanol–water partition coefficient (Wildman–Crippen LogP) is 1.18. The molecule has 1 aromatic rings. The molecule has 1 saturated carbocycles. The molecule has 0 unspecified atom stereocenters. The molecule has 110 valence electrons. The lowest BCUT2D eigenvalue weighted by molar-refractivity contribution is 0.0265. The molecule has 3 N–H and O–H groups in total. The van der Waals surface area contributed by atoms with Gasteiger partial charge in [0, 0.05) is 33.3 Å². The van der Waals surface area contributed by atoms with Gasteiger partial charge in [-0.3, -0.25) is 4.79 Å². The van der Waals surface area contributed by atoms with Crippen LogP contribution in [0.3, 0.4) is 0 Å². The Bertz CT molecular complexity index is 496. The molecule has 0 aromatic heterocycles. The van der Waals surface area contributed by atoms with Crippen molar-refractivity contribution >= 4 is 17.3 Å². The number of hydrogen-bond donors (Lipinski definition) is 2. The number of carbonyl (C=O) groups is 1. The number of anilines is 2. The molecule has 1 fully saturated rings. The molecule has 0 aliphatic heterocycles. The number of nitrogens with zero attached hydrogens (tertiary/aromatic N) is 2. The van der Waals surface area contributed by atoms with Crippen LogP contribution in [0.25, 0.3) is 0 Å². The van der Waals surface area contributed by atoms with Gasteiger partial charge < -0.3 is 20.6 Å². The molecule has 1 aliphatic carbocycles. The largest absolute Gasteiger partial charge is 0.397 e. The Balaban J connectivity index is 2.03. The number of carbonyl (C=O) groups excluding carboxylic acids is 1. The molecular formula is C15H23N3O2. The third-order valence-electron chi connectivity index (χ3n) is 3.85. The van der Waals surface area contributed by atoms with E-state index in [1.807, 2.05) is 25.1 Å². The molecule has 0 saturated heterocycles. The highest BCUT2D eigenvalue weighted by molar-refractivity contribution is 5.96. The molecular weight excluding hydrogens is 254 g/mol. The average molecular weight is 277 g/mol. The quantitative estimate of drug-likeness (QED) is 0.811. The Morgan fingerprint density at radius 2 is 2.00 bits per heavy atom. The number of amides is 1. The van der Waals surface area contributed by atoms with Crippen LogP contribution in [0.15, 0.2) is 18.2 Å². The van der Waals surface area contributed by atoms with Gasteiger partial charge in [-0.05, 0) is 37.0 Å². The lowest BCUT2D eigenvalue weighted by Gasteiger charge is -2.34. The van der Waals surface area contributed by atoms with Gasteiger partial charge in [0.05, 0.1) is 17.5 Å². The number of rotatable bonds is 4. The normalized spacial score (nSPS) is 21.2. The summed E-state index contributed by atoms with van der Waals surface area (Å²) in [6.45, 7) is 0.686. The molecule has 1 aromatic carbocycles. The van der Waals surface area contributed by atoms with Gasteiger partial charge in [-0.15, -0.1) is 0 Å². The van der Waals surface area contributed by atoms with Crippen LogP contribution in [0.1, 0.15) is 23.2 Å². The van der Waals surface area contributed by atoms with Crippen LogP contribution < -0.4 is 10.6 Å². The molecule has 1 amide bonds. The maximum atomic E-state index is 12.3.